The number of rotatable bonds is 6. The first-order valence-electron chi connectivity index (χ1n) is 6.20. The van der Waals surface area contributed by atoms with Gasteiger partial charge in [0.2, 0.25) is 5.91 Å². The summed E-state index contributed by atoms with van der Waals surface area (Å²) in [7, 11) is 3.07. The Balaban J connectivity index is 2.57. The average molecular weight is 377 g/mol. The fourth-order valence-electron chi connectivity index (χ4n) is 1.60. The standard InChI is InChI=1S/C13H17BrN2O4S/c1-8(13(19)20)6-15(2)11(17)7-16(3)12(18)9-4-5-10(14)21-9/h4-5,8H,6-7H2,1-3H3,(H,19,20). The van der Waals surface area contributed by atoms with Crippen molar-refractivity contribution in [3.8, 4) is 0 Å². The first-order valence-corrected chi connectivity index (χ1v) is 7.81. The summed E-state index contributed by atoms with van der Waals surface area (Å²) in [6, 6.07) is 3.46. The first-order chi connectivity index (χ1) is 9.72. The molecule has 0 radical (unpaired) electrons. The van der Waals surface area contributed by atoms with Gasteiger partial charge < -0.3 is 14.9 Å². The fourth-order valence-corrected chi connectivity index (χ4v) is 2.98. The van der Waals surface area contributed by atoms with Crippen LogP contribution in [0.3, 0.4) is 0 Å². The van der Waals surface area contributed by atoms with E-state index in [1.165, 1.54) is 35.1 Å². The largest absolute Gasteiger partial charge is 0.481 e. The van der Waals surface area contributed by atoms with Crippen LogP contribution in [0, 0.1) is 5.92 Å². The van der Waals surface area contributed by atoms with Crippen LogP contribution in [0.1, 0.15) is 16.6 Å². The Morgan fingerprint density at radius 1 is 1.29 bits per heavy atom. The second kappa shape index (κ2) is 7.56. The zero-order valence-corrected chi connectivity index (χ0v) is 14.4. The number of hydrogen-bond acceptors (Lipinski definition) is 4. The number of carboxylic acids is 1. The maximum Gasteiger partial charge on any atom is 0.308 e. The molecule has 0 spiro atoms. The van der Waals surface area contributed by atoms with Gasteiger partial charge in [0.25, 0.3) is 5.91 Å². The number of hydrogen-bond donors (Lipinski definition) is 1. The van der Waals surface area contributed by atoms with E-state index in [2.05, 4.69) is 15.9 Å². The van der Waals surface area contributed by atoms with Gasteiger partial charge in [0.1, 0.15) is 0 Å². The molecule has 0 saturated heterocycles. The maximum atomic E-state index is 12.1. The number of amides is 2. The van der Waals surface area contributed by atoms with Gasteiger partial charge >= 0.3 is 5.97 Å². The molecule has 1 N–H and O–H groups in total. The molecular formula is C13H17BrN2O4S. The summed E-state index contributed by atoms with van der Waals surface area (Å²) in [5.41, 5.74) is 0. The van der Waals surface area contributed by atoms with Gasteiger partial charge in [0.05, 0.1) is 21.1 Å². The van der Waals surface area contributed by atoms with E-state index < -0.39 is 11.9 Å². The molecule has 0 fully saturated rings. The van der Waals surface area contributed by atoms with E-state index in [4.69, 9.17) is 5.11 Å². The molecule has 1 unspecified atom stereocenters. The summed E-state index contributed by atoms with van der Waals surface area (Å²) < 4.78 is 0.845. The van der Waals surface area contributed by atoms with E-state index in [-0.39, 0.29) is 24.9 Å². The molecule has 2 amide bonds. The van der Waals surface area contributed by atoms with Crippen molar-refractivity contribution in [2.45, 2.75) is 6.92 Å². The summed E-state index contributed by atoms with van der Waals surface area (Å²) in [5.74, 6) is -2.14. The van der Waals surface area contributed by atoms with Crippen LogP contribution in [-0.4, -0.2) is 59.9 Å². The van der Waals surface area contributed by atoms with Crippen molar-refractivity contribution < 1.29 is 19.5 Å². The van der Waals surface area contributed by atoms with E-state index in [1.54, 1.807) is 19.2 Å². The summed E-state index contributed by atoms with van der Waals surface area (Å²) in [4.78, 5) is 38.0. The van der Waals surface area contributed by atoms with Crippen LogP contribution in [0.25, 0.3) is 0 Å². The number of halogens is 1. The van der Waals surface area contributed by atoms with Crippen molar-refractivity contribution in [1.29, 1.82) is 0 Å². The summed E-state index contributed by atoms with van der Waals surface area (Å²) in [6.45, 7) is 1.56. The highest BCUT2D eigenvalue weighted by atomic mass is 79.9. The van der Waals surface area contributed by atoms with Gasteiger partial charge in [-0.05, 0) is 28.1 Å². The van der Waals surface area contributed by atoms with Gasteiger partial charge in [0.15, 0.2) is 0 Å². The molecule has 1 aromatic rings. The van der Waals surface area contributed by atoms with Gasteiger partial charge in [-0.25, -0.2) is 0 Å². The summed E-state index contributed by atoms with van der Waals surface area (Å²) in [5, 5.41) is 8.83. The second-order valence-corrected chi connectivity index (χ2v) is 7.24. The molecule has 21 heavy (non-hydrogen) atoms. The zero-order valence-electron chi connectivity index (χ0n) is 12.0. The topological polar surface area (TPSA) is 77.9 Å². The van der Waals surface area contributed by atoms with E-state index in [1.807, 2.05) is 0 Å². The maximum absolute atomic E-state index is 12.1. The van der Waals surface area contributed by atoms with Gasteiger partial charge in [-0.3, -0.25) is 14.4 Å². The molecule has 1 rings (SSSR count). The van der Waals surface area contributed by atoms with Crippen molar-refractivity contribution in [3.63, 3.8) is 0 Å². The molecule has 0 aliphatic rings. The lowest BCUT2D eigenvalue weighted by Gasteiger charge is -2.23. The molecular weight excluding hydrogens is 360 g/mol. The lowest BCUT2D eigenvalue weighted by molar-refractivity contribution is -0.142. The number of likely N-dealkylation sites (N-methyl/N-ethyl adjacent to an activating group) is 2. The van der Waals surface area contributed by atoms with E-state index in [9.17, 15) is 14.4 Å². The van der Waals surface area contributed by atoms with Gasteiger partial charge in [-0.1, -0.05) is 6.92 Å². The molecule has 0 aromatic carbocycles. The van der Waals surface area contributed by atoms with E-state index in [0.29, 0.717) is 4.88 Å². The molecule has 8 heteroatoms. The molecule has 0 bridgehead atoms. The van der Waals surface area contributed by atoms with Crippen LogP contribution in [0.15, 0.2) is 15.9 Å². The minimum Gasteiger partial charge on any atom is -0.481 e. The van der Waals surface area contributed by atoms with Gasteiger partial charge in [-0.2, -0.15) is 0 Å². The van der Waals surface area contributed by atoms with Gasteiger partial charge in [0, 0.05) is 20.6 Å². The molecule has 0 saturated carbocycles. The molecule has 1 atom stereocenters. The minimum absolute atomic E-state index is 0.0861. The van der Waals surface area contributed by atoms with Crippen molar-refractivity contribution in [1.82, 2.24) is 9.80 Å². The fraction of sp³-hybridized carbons (Fsp3) is 0.462. The Hall–Kier alpha value is -1.41. The predicted octanol–water partition coefficient (Wildman–Crippen LogP) is 1.76. The van der Waals surface area contributed by atoms with Crippen molar-refractivity contribution in [2.75, 3.05) is 27.2 Å². The average Bonchev–Trinajstić information content (AvgIpc) is 2.83. The first kappa shape index (κ1) is 17.6. The van der Waals surface area contributed by atoms with Crippen LogP contribution in [0.5, 0.6) is 0 Å². The smallest absolute Gasteiger partial charge is 0.308 e. The molecule has 1 heterocycles. The predicted molar refractivity (Wildman–Crippen MR) is 83.4 cm³/mol. The quantitative estimate of drug-likeness (QED) is 0.820. The minimum atomic E-state index is -0.956. The molecule has 1 aromatic heterocycles. The van der Waals surface area contributed by atoms with Crippen molar-refractivity contribution in [3.05, 3.63) is 20.8 Å². The lowest BCUT2D eigenvalue weighted by Crippen LogP contribution is -2.41. The Bertz CT molecular complexity index is 546. The number of carbonyl (C=O) groups excluding carboxylic acids is 2. The zero-order chi connectivity index (χ0) is 16.2. The highest BCUT2D eigenvalue weighted by Crippen LogP contribution is 2.23. The highest BCUT2D eigenvalue weighted by molar-refractivity contribution is 9.11. The third-order valence-corrected chi connectivity index (χ3v) is 4.51. The van der Waals surface area contributed by atoms with E-state index >= 15 is 0 Å². The van der Waals surface area contributed by atoms with Crippen molar-refractivity contribution in [2.24, 2.45) is 5.92 Å². The monoisotopic (exact) mass is 376 g/mol. The molecule has 6 nitrogen and oxygen atoms in total. The number of thiophene rings is 1. The van der Waals surface area contributed by atoms with Gasteiger partial charge in [-0.15, -0.1) is 11.3 Å². The summed E-state index contributed by atoms with van der Waals surface area (Å²) >= 11 is 4.58. The Morgan fingerprint density at radius 3 is 2.38 bits per heavy atom. The van der Waals surface area contributed by atoms with Crippen LogP contribution in [0.4, 0.5) is 0 Å². The summed E-state index contributed by atoms with van der Waals surface area (Å²) in [6.07, 6.45) is 0. The third kappa shape index (κ3) is 5.13. The normalized spacial score (nSPS) is 11.8. The second-order valence-electron chi connectivity index (χ2n) is 4.78. The Kier molecular flexibility index (Phi) is 6.35. The highest BCUT2D eigenvalue weighted by Gasteiger charge is 2.21. The number of carboxylic acid groups (broad SMARTS) is 1. The number of nitrogens with zero attached hydrogens (tertiary/aromatic N) is 2. The molecule has 0 aliphatic carbocycles. The van der Waals surface area contributed by atoms with Crippen LogP contribution < -0.4 is 0 Å². The SMILES string of the molecule is CC(CN(C)C(=O)CN(C)C(=O)c1ccc(Br)s1)C(=O)O. The lowest BCUT2D eigenvalue weighted by atomic mass is 10.2. The van der Waals surface area contributed by atoms with E-state index in [0.717, 1.165) is 3.79 Å². The number of aliphatic carboxylic acids is 1. The molecule has 116 valence electrons. The van der Waals surface area contributed by atoms with Crippen LogP contribution >= 0.6 is 27.3 Å². The number of carbonyl (C=O) groups is 3. The van der Waals surface area contributed by atoms with Crippen LogP contribution in [-0.2, 0) is 9.59 Å². The molecule has 0 aliphatic heterocycles. The Labute approximate surface area is 135 Å². The van der Waals surface area contributed by atoms with Crippen LogP contribution in [0.2, 0.25) is 0 Å². The third-order valence-electron chi connectivity index (χ3n) is 2.90. The Morgan fingerprint density at radius 2 is 1.90 bits per heavy atom. The van der Waals surface area contributed by atoms with Crippen molar-refractivity contribution >= 4 is 45.1 Å².